The van der Waals surface area contributed by atoms with Gasteiger partial charge in [0.05, 0.1) is 11.9 Å². The number of benzene rings is 1. The molecule has 0 bridgehead atoms. The number of fused-ring (bicyclic) bond motifs is 1. The van der Waals surface area contributed by atoms with Crippen molar-refractivity contribution >= 4 is 15.8 Å². The Kier molecular flexibility index (Phi) is 4.87. The third-order valence-corrected chi connectivity index (χ3v) is 7.85. The van der Waals surface area contributed by atoms with Gasteiger partial charge in [0.2, 0.25) is 0 Å². The molecule has 150 valence electrons. The van der Waals surface area contributed by atoms with E-state index < -0.39 is 15.8 Å². The van der Waals surface area contributed by atoms with Crippen LogP contribution in [-0.4, -0.2) is 41.1 Å². The number of ketones is 1. The number of aromatic nitrogens is 2. The van der Waals surface area contributed by atoms with Crippen molar-refractivity contribution in [2.24, 2.45) is 24.8 Å². The molecule has 8 heteroatoms. The molecule has 1 aliphatic heterocycles. The van der Waals surface area contributed by atoms with Crippen molar-refractivity contribution in [3.63, 3.8) is 0 Å². The van der Waals surface area contributed by atoms with Crippen molar-refractivity contribution in [1.82, 2.24) is 13.9 Å². The van der Waals surface area contributed by atoms with Gasteiger partial charge in [-0.25, -0.2) is 17.8 Å². The molecule has 2 heterocycles. The van der Waals surface area contributed by atoms with Crippen molar-refractivity contribution in [2.45, 2.75) is 31.2 Å². The minimum absolute atomic E-state index is 0.0596. The Labute approximate surface area is 164 Å². The number of imidazole rings is 1. The molecule has 1 aromatic heterocycles. The topological polar surface area (TPSA) is 72.3 Å². The maximum Gasteiger partial charge on any atom is 0.262 e. The van der Waals surface area contributed by atoms with Gasteiger partial charge < -0.3 is 4.57 Å². The second-order valence-corrected chi connectivity index (χ2v) is 9.96. The highest BCUT2D eigenvalue weighted by molar-refractivity contribution is 7.89. The molecule has 0 radical (unpaired) electrons. The molecule has 0 N–H and O–H groups in total. The molecule has 1 saturated heterocycles. The van der Waals surface area contributed by atoms with E-state index in [0.29, 0.717) is 13.1 Å². The second-order valence-electron chi connectivity index (χ2n) is 8.07. The fourth-order valence-electron chi connectivity index (χ4n) is 4.64. The monoisotopic (exact) mass is 405 g/mol. The van der Waals surface area contributed by atoms with Crippen molar-refractivity contribution in [3.05, 3.63) is 47.7 Å². The van der Waals surface area contributed by atoms with E-state index in [-0.39, 0.29) is 40.5 Å². The van der Waals surface area contributed by atoms with E-state index in [4.69, 9.17) is 0 Å². The zero-order valence-corrected chi connectivity index (χ0v) is 16.8. The number of nitrogens with zero attached hydrogens (tertiary/aromatic N) is 3. The van der Waals surface area contributed by atoms with E-state index in [2.05, 4.69) is 4.98 Å². The molecule has 1 aromatic carbocycles. The first-order chi connectivity index (χ1) is 13.3. The van der Waals surface area contributed by atoms with Gasteiger partial charge in [0.25, 0.3) is 10.0 Å². The maximum absolute atomic E-state index is 14.1. The fourth-order valence-corrected chi connectivity index (χ4v) is 6.14. The van der Waals surface area contributed by atoms with Gasteiger partial charge in [0, 0.05) is 32.8 Å². The molecule has 0 amide bonds. The van der Waals surface area contributed by atoms with Crippen molar-refractivity contribution in [1.29, 1.82) is 0 Å². The lowest BCUT2D eigenvalue weighted by atomic mass is 9.87. The van der Waals surface area contributed by atoms with Crippen LogP contribution in [0.5, 0.6) is 0 Å². The van der Waals surface area contributed by atoms with Crippen LogP contribution in [0.1, 0.15) is 35.2 Å². The normalized spacial score (nSPS) is 25.2. The Morgan fingerprint density at radius 1 is 1.29 bits per heavy atom. The van der Waals surface area contributed by atoms with Crippen LogP contribution in [0.2, 0.25) is 0 Å². The summed E-state index contributed by atoms with van der Waals surface area (Å²) in [6.45, 7) is 2.65. The van der Waals surface area contributed by atoms with Crippen molar-refractivity contribution in [2.75, 3.05) is 13.1 Å². The van der Waals surface area contributed by atoms with Gasteiger partial charge in [-0.1, -0.05) is 6.07 Å². The highest BCUT2D eigenvalue weighted by Crippen LogP contribution is 2.45. The van der Waals surface area contributed by atoms with Crippen LogP contribution in [0.15, 0.2) is 35.7 Å². The second kappa shape index (κ2) is 7.08. The summed E-state index contributed by atoms with van der Waals surface area (Å²) in [5.41, 5.74) is 0.908. The number of carbonyl (C=O) groups is 1. The number of hydrogen-bond donors (Lipinski definition) is 0. The Morgan fingerprint density at radius 2 is 2.07 bits per heavy atom. The number of halogens is 1. The predicted molar refractivity (Wildman–Crippen MR) is 102 cm³/mol. The van der Waals surface area contributed by atoms with Crippen LogP contribution >= 0.6 is 0 Å². The summed E-state index contributed by atoms with van der Waals surface area (Å²) >= 11 is 0. The summed E-state index contributed by atoms with van der Waals surface area (Å²) in [6, 6.07) is 4.66. The zero-order valence-electron chi connectivity index (χ0n) is 16.0. The SMILES string of the molecule is Cc1ccc(C(=O)CC2CCC3CN(S(=O)(=O)c4cn(C)cn4)CC23)c(F)c1. The number of sulfonamides is 1. The van der Waals surface area contributed by atoms with Gasteiger partial charge >= 0.3 is 0 Å². The van der Waals surface area contributed by atoms with Crippen molar-refractivity contribution < 1.29 is 17.6 Å². The number of aryl methyl sites for hydroxylation is 2. The first-order valence-corrected chi connectivity index (χ1v) is 11.0. The highest BCUT2D eigenvalue weighted by Gasteiger charge is 2.47. The van der Waals surface area contributed by atoms with E-state index in [1.807, 2.05) is 0 Å². The molecular weight excluding hydrogens is 381 g/mol. The van der Waals surface area contributed by atoms with E-state index in [0.717, 1.165) is 18.4 Å². The van der Waals surface area contributed by atoms with Crippen LogP contribution in [-0.2, 0) is 17.1 Å². The zero-order chi connectivity index (χ0) is 20.1. The quantitative estimate of drug-likeness (QED) is 0.717. The average molecular weight is 405 g/mol. The van der Waals surface area contributed by atoms with Gasteiger partial charge in [0.15, 0.2) is 10.8 Å². The lowest BCUT2D eigenvalue weighted by Crippen LogP contribution is -2.31. The predicted octanol–water partition coefficient (Wildman–Crippen LogP) is 2.79. The molecule has 4 rings (SSSR count). The third kappa shape index (κ3) is 3.39. The summed E-state index contributed by atoms with van der Waals surface area (Å²) in [5, 5.41) is 0.0596. The maximum atomic E-state index is 14.1. The molecule has 2 fully saturated rings. The van der Waals surface area contributed by atoms with E-state index in [1.165, 1.54) is 22.9 Å². The van der Waals surface area contributed by atoms with Crippen LogP contribution in [0.25, 0.3) is 0 Å². The highest BCUT2D eigenvalue weighted by atomic mass is 32.2. The Bertz CT molecular complexity index is 1020. The lowest BCUT2D eigenvalue weighted by Gasteiger charge is -2.19. The summed E-state index contributed by atoms with van der Waals surface area (Å²) in [7, 11) is -1.89. The molecular formula is C20H24FN3O3S. The van der Waals surface area contributed by atoms with Gasteiger partial charge in [-0.15, -0.1) is 0 Å². The molecule has 6 nitrogen and oxygen atoms in total. The number of rotatable bonds is 5. The number of Topliss-reactive ketones (excluding diaryl/α,β-unsaturated/α-hetero) is 1. The lowest BCUT2D eigenvalue weighted by molar-refractivity contribution is 0.0946. The van der Waals surface area contributed by atoms with E-state index in [1.54, 1.807) is 30.7 Å². The third-order valence-electron chi connectivity index (χ3n) is 6.13. The van der Waals surface area contributed by atoms with Gasteiger partial charge in [0.1, 0.15) is 5.82 Å². The number of carbonyl (C=O) groups excluding carboxylic acids is 1. The van der Waals surface area contributed by atoms with Gasteiger partial charge in [-0.3, -0.25) is 4.79 Å². The Morgan fingerprint density at radius 3 is 2.75 bits per heavy atom. The largest absolute Gasteiger partial charge is 0.339 e. The minimum Gasteiger partial charge on any atom is -0.339 e. The summed E-state index contributed by atoms with van der Waals surface area (Å²) < 4.78 is 42.9. The average Bonchev–Trinajstić information content (AvgIpc) is 3.32. The summed E-state index contributed by atoms with van der Waals surface area (Å²) in [6.07, 6.45) is 5.02. The fraction of sp³-hybridized carbons (Fsp3) is 0.500. The molecule has 3 unspecified atom stereocenters. The summed E-state index contributed by atoms with van der Waals surface area (Å²) in [5.74, 6) is -0.211. The molecule has 1 saturated carbocycles. The smallest absolute Gasteiger partial charge is 0.262 e. The molecule has 2 aromatic rings. The molecule has 0 spiro atoms. The molecule has 2 aliphatic rings. The van der Waals surface area contributed by atoms with Gasteiger partial charge in [-0.2, -0.15) is 4.31 Å². The summed E-state index contributed by atoms with van der Waals surface area (Å²) in [4.78, 5) is 16.6. The Balaban J connectivity index is 1.47. The molecule has 3 atom stereocenters. The molecule has 1 aliphatic carbocycles. The van der Waals surface area contributed by atoms with E-state index in [9.17, 15) is 17.6 Å². The van der Waals surface area contributed by atoms with Crippen LogP contribution in [0.4, 0.5) is 4.39 Å². The molecule has 28 heavy (non-hydrogen) atoms. The van der Waals surface area contributed by atoms with Crippen LogP contribution in [0.3, 0.4) is 0 Å². The van der Waals surface area contributed by atoms with Crippen LogP contribution in [0, 0.1) is 30.5 Å². The first-order valence-electron chi connectivity index (χ1n) is 9.53. The van der Waals surface area contributed by atoms with E-state index >= 15 is 0 Å². The first kappa shape index (κ1) is 19.3. The standard InChI is InChI=1S/C20H24FN3O3S/c1-13-3-6-16(18(21)7-13)19(25)8-14-4-5-15-9-24(10-17(14)15)28(26,27)20-11-23(2)12-22-20/h3,6-7,11-12,14-15,17H,4-5,8-10H2,1-2H3. The number of hydrogen-bond acceptors (Lipinski definition) is 4. The Hall–Kier alpha value is -2.06. The van der Waals surface area contributed by atoms with Crippen LogP contribution < -0.4 is 0 Å². The van der Waals surface area contributed by atoms with Gasteiger partial charge in [-0.05, 0) is 55.2 Å². The minimum atomic E-state index is -3.62. The van der Waals surface area contributed by atoms with Crippen molar-refractivity contribution in [3.8, 4) is 0 Å².